The van der Waals surface area contributed by atoms with E-state index in [1.165, 1.54) is 30.0 Å². The van der Waals surface area contributed by atoms with Gasteiger partial charge in [-0.25, -0.2) is 0 Å². The van der Waals surface area contributed by atoms with E-state index < -0.39 is 0 Å². The van der Waals surface area contributed by atoms with Crippen molar-refractivity contribution in [2.45, 2.75) is 26.7 Å². The summed E-state index contributed by atoms with van der Waals surface area (Å²) in [6.45, 7) is 4.49. The Hall–Kier alpha value is 1.38. The minimum atomic E-state index is 0. The van der Waals surface area contributed by atoms with Crippen LogP contribution in [-0.2, 0) is 17.1 Å². The van der Waals surface area contributed by atoms with Crippen molar-refractivity contribution in [1.82, 2.24) is 0 Å². The first-order valence-electron chi connectivity index (χ1n) is 5.00. The zero-order valence-corrected chi connectivity index (χ0v) is 12.0. The molecular formula is C12H16FeP2. The molecule has 10 radical (unpaired) electrons. The van der Waals surface area contributed by atoms with E-state index in [1.54, 1.807) is 11.3 Å². The molecule has 0 aromatic carbocycles. The monoisotopic (exact) mass is 278 g/mol. The number of hydrogen-bond acceptors (Lipinski definition) is 0. The van der Waals surface area contributed by atoms with Crippen molar-refractivity contribution in [2.75, 3.05) is 0 Å². The fourth-order valence-corrected chi connectivity index (χ4v) is 3.90. The van der Waals surface area contributed by atoms with Crippen LogP contribution in [0.5, 0.6) is 0 Å². The third-order valence-corrected chi connectivity index (χ3v) is 4.88. The summed E-state index contributed by atoms with van der Waals surface area (Å²) in [5.41, 5.74) is 3.30. The molecule has 0 bridgehead atoms. The van der Waals surface area contributed by atoms with E-state index in [-0.39, 0.29) is 17.1 Å². The van der Waals surface area contributed by atoms with Gasteiger partial charge < -0.3 is 0 Å². The maximum atomic E-state index is 2.33. The van der Waals surface area contributed by atoms with Crippen molar-refractivity contribution in [3.8, 4) is 0 Å². The summed E-state index contributed by atoms with van der Waals surface area (Å²) in [5.74, 6) is 2.33. The molecular weight excluding hydrogens is 262 g/mol. The first kappa shape index (κ1) is 16.4. The van der Waals surface area contributed by atoms with Gasteiger partial charge in [-0.1, -0.05) is 31.0 Å². The third kappa shape index (κ3) is 6.63. The molecule has 1 heterocycles. The molecule has 3 heteroatoms. The van der Waals surface area contributed by atoms with E-state index in [9.17, 15) is 0 Å². The van der Waals surface area contributed by atoms with Gasteiger partial charge in [0.2, 0.25) is 0 Å². The Kier molecular flexibility index (Phi) is 11.5. The SMILES string of the molecule is CC[C]1[P][CH][P][C]1CC.[CH]1[CH][CH][CH][CH]1.[Fe]. The molecule has 2 rings (SSSR count). The van der Waals surface area contributed by atoms with Crippen molar-refractivity contribution in [1.29, 1.82) is 0 Å². The Bertz CT molecular complexity index is 120. The van der Waals surface area contributed by atoms with Gasteiger partial charge in [-0.3, -0.25) is 0 Å². The summed E-state index contributed by atoms with van der Waals surface area (Å²) in [5, 5.41) is 0. The molecule has 1 aliphatic heterocycles. The van der Waals surface area contributed by atoms with Crippen LogP contribution >= 0.6 is 17.2 Å². The fraction of sp³-hybridized carbons (Fsp3) is 0.333. The summed E-state index contributed by atoms with van der Waals surface area (Å²) >= 11 is 0. The Balaban J connectivity index is 0.000000280. The fourth-order valence-electron chi connectivity index (χ4n) is 1.23. The summed E-state index contributed by atoms with van der Waals surface area (Å²) < 4.78 is 0. The van der Waals surface area contributed by atoms with E-state index in [1.807, 2.05) is 32.1 Å². The van der Waals surface area contributed by atoms with Crippen LogP contribution in [0.25, 0.3) is 0 Å². The summed E-state index contributed by atoms with van der Waals surface area (Å²) in [6, 6.07) is 0. The summed E-state index contributed by atoms with van der Waals surface area (Å²) in [7, 11) is 2.95. The minimum absolute atomic E-state index is 0. The third-order valence-electron chi connectivity index (χ3n) is 1.99. The molecule has 0 spiro atoms. The zero-order valence-electron chi connectivity index (χ0n) is 9.13. The largest absolute Gasteiger partial charge is 0.0644 e. The van der Waals surface area contributed by atoms with Gasteiger partial charge in [-0.05, 0) is 44.9 Å². The van der Waals surface area contributed by atoms with Gasteiger partial charge in [0.25, 0.3) is 0 Å². The number of rotatable bonds is 2. The maximum absolute atomic E-state index is 2.33. The molecule has 1 aliphatic carbocycles. The predicted octanol–water partition coefficient (Wildman–Crippen LogP) is 4.91. The van der Waals surface area contributed by atoms with Crippen molar-refractivity contribution in [3.63, 3.8) is 0 Å². The predicted molar refractivity (Wildman–Crippen MR) is 66.7 cm³/mol. The van der Waals surface area contributed by atoms with Gasteiger partial charge in [-0.15, -0.1) is 0 Å². The van der Waals surface area contributed by atoms with Gasteiger partial charge in [-0.2, -0.15) is 0 Å². The second-order valence-electron chi connectivity index (χ2n) is 2.94. The van der Waals surface area contributed by atoms with E-state index in [2.05, 4.69) is 19.8 Å². The van der Waals surface area contributed by atoms with Gasteiger partial charge in [0.05, 0.1) is 0 Å². The van der Waals surface area contributed by atoms with Crippen molar-refractivity contribution >= 4 is 17.2 Å². The van der Waals surface area contributed by atoms with Crippen LogP contribution in [0, 0.1) is 49.3 Å². The van der Waals surface area contributed by atoms with Crippen LogP contribution in [0.1, 0.15) is 26.7 Å². The molecule has 0 atom stereocenters. The molecule has 0 N–H and O–H groups in total. The number of hydrogen-bond donors (Lipinski definition) is 0. The molecule has 0 aromatic rings. The summed E-state index contributed by atoms with van der Waals surface area (Å²) in [4.78, 5) is 0. The molecule has 1 saturated carbocycles. The van der Waals surface area contributed by atoms with Gasteiger partial charge in [0, 0.05) is 34.3 Å². The molecule has 1 saturated heterocycles. The average Bonchev–Trinajstić information content (AvgIpc) is 2.91. The maximum Gasteiger partial charge on any atom is 0.0197 e. The van der Waals surface area contributed by atoms with Gasteiger partial charge in [0.1, 0.15) is 0 Å². The van der Waals surface area contributed by atoms with Gasteiger partial charge in [0.15, 0.2) is 0 Å². The van der Waals surface area contributed by atoms with Crippen LogP contribution in [0.4, 0.5) is 0 Å². The van der Waals surface area contributed by atoms with Crippen molar-refractivity contribution < 1.29 is 17.1 Å². The molecule has 0 aromatic heterocycles. The quantitative estimate of drug-likeness (QED) is 0.497. The Labute approximate surface area is 110 Å². The van der Waals surface area contributed by atoms with E-state index in [0.29, 0.717) is 0 Å². The summed E-state index contributed by atoms with van der Waals surface area (Å²) in [6.07, 6.45) is 12.5. The average molecular weight is 278 g/mol. The molecule has 15 heavy (non-hydrogen) atoms. The van der Waals surface area contributed by atoms with E-state index in [4.69, 9.17) is 0 Å². The smallest absolute Gasteiger partial charge is 0.0197 e. The van der Waals surface area contributed by atoms with Crippen LogP contribution < -0.4 is 0 Å². The topological polar surface area (TPSA) is 0 Å². The van der Waals surface area contributed by atoms with Crippen LogP contribution in [0.15, 0.2) is 0 Å². The Morgan fingerprint density at radius 3 is 1.40 bits per heavy atom. The van der Waals surface area contributed by atoms with Crippen molar-refractivity contribution in [2.24, 2.45) is 0 Å². The zero-order chi connectivity index (χ0) is 10.2. The normalized spacial score (nSPS) is 25.2. The van der Waals surface area contributed by atoms with Gasteiger partial charge >= 0.3 is 0 Å². The van der Waals surface area contributed by atoms with Crippen LogP contribution in [-0.4, -0.2) is 0 Å². The van der Waals surface area contributed by atoms with Crippen molar-refractivity contribution in [3.05, 3.63) is 49.3 Å². The molecule has 82 valence electrons. The molecule has 2 fully saturated rings. The first-order chi connectivity index (χ1) is 6.88. The van der Waals surface area contributed by atoms with Crippen LogP contribution in [0.2, 0.25) is 0 Å². The molecule has 2 aliphatic rings. The standard InChI is InChI=1S/C7H11P2.C5H5.Fe/c1-3-6-7(4-2)9-5-8-6;1-2-4-5-3-1;/h5H,3-4H2,1-2H3;1-5H;. The second-order valence-corrected chi connectivity index (χ2v) is 5.46. The second kappa shape index (κ2) is 10.5. The Morgan fingerprint density at radius 2 is 1.13 bits per heavy atom. The first-order valence-corrected chi connectivity index (χ1v) is 6.93. The Morgan fingerprint density at radius 1 is 0.800 bits per heavy atom. The minimum Gasteiger partial charge on any atom is -0.0644 e. The molecule has 0 unspecified atom stereocenters. The van der Waals surface area contributed by atoms with E-state index >= 15 is 0 Å². The van der Waals surface area contributed by atoms with Crippen LogP contribution in [0.3, 0.4) is 0 Å². The molecule has 0 nitrogen and oxygen atoms in total. The molecule has 0 amide bonds. The van der Waals surface area contributed by atoms with E-state index in [0.717, 1.165) is 0 Å².